The van der Waals surface area contributed by atoms with Gasteiger partial charge in [-0.1, -0.05) is 47.5 Å². The zero-order valence-electron chi connectivity index (χ0n) is 15.3. The molecule has 26 heavy (non-hydrogen) atoms. The van der Waals surface area contributed by atoms with E-state index in [9.17, 15) is 9.59 Å². The molecule has 0 aromatic heterocycles. The predicted molar refractivity (Wildman–Crippen MR) is 104 cm³/mol. The van der Waals surface area contributed by atoms with Crippen LogP contribution in [0.25, 0.3) is 0 Å². The molecule has 1 atom stereocenters. The van der Waals surface area contributed by atoms with Crippen molar-refractivity contribution in [1.82, 2.24) is 5.32 Å². The van der Waals surface area contributed by atoms with Gasteiger partial charge >= 0.3 is 0 Å². The lowest BCUT2D eigenvalue weighted by Gasteiger charge is -2.21. The number of hydrogen-bond donors (Lipinski definition) is 1. The number of carbonyl (C=O) groups is 2. The van der Waals surface area contributed by atoms with Gasteiger partial charge in [0.1, 0.15) is 0 Å². The van der Waals surface area contributed by atoms with Crippen molar-refractivity contribution in [1.29, 1.82) is 0 Å². The molecule has 0 aliphatic carbocycles. The molecule has 0 saturated carbocycles. The van der Waals surface area contributed by atoms with Gasteiger partial charge in [-0.15, -0.1) is 0 Å². The molecule has 1 N–H and O–H groups in total. The van der Waals surface area contributed by atoms with Gasteiger partial charge in [-0.3, -0.25) is 9.59 Å². The van der Waals surface area contributed by atoms with E-state index in [0.717, 1.165) is 22.4 Å². The Hall–Kier alpha value is -2.33. The highest BCUT2D eigenvalue weighted by atomic mass is 35.5. The Labute approximate surface area is 159 Å². The molecule has 0 bridgehead atoms. The number of carbonyl (C=O) groups excluding carboxylic acids is 2. The molecule has 1 unspecified atom stereocenters. The highest BCUT2D eigenvalue weighted by molar-refractivity contribution is 6.34. The van der Waals surface area contributed by atoms with E-state index in [1.165, 1.54) is 5.56 Å². The average molecular weight is 371 g/mol. The fourth-order valence-electron chi connectivity index (χ4n) is 3.39. The molecule has 3 rings (SSSR count). The van der Waals surface area contributed by atoms with Crippen LogP contribution in [0.2, 0.25) is 5.02 Å². The number of halogens is 1. The summed E-state index contributed by atoms with van der Waals surface area (Å²) in [6.07, 6.45) is 0.212. The van der Waals surface area contributed by atoms with Gasteiger partial charge < -0.3 is 10.2 Å². The summed E-state index contributed by atoms with van der Waals surface area (Å²) in [5.41, 5.74) is 4.94. The Kier molecular flexibility index (Phi) is 5.33. The molecule has 1 aliphatic heterocycles. The molecule has 1 saturated heterocycles. The van der Waals surface area contributed by atoms with E-state index in [0.29, 0.717) is 18.1 Å². The maximum atomic E-state index is 12.5. The van der Waals surface area contributed by atoms with Crippen LogP contribution in [-0.2, 0) is 16.1 Å². The minimum atomic E-state index is -0.357. The predicted octanol–water partition coefficient (Wildman–Crippen LogP) is 3.93. The summed E-state index contributed by atoms with van der Waals surface area (Å²) in [4.78, 5) is 26.6. The third-order valence-electron chi connectivity index (χ3n) is 4.75. The standard InChI is InChI=1S/C21H23ClN2O2/c1-13-4-6-16(7-5-13)11-23-21(26)17-10-19(25)24(12-17)20-15(3)8-14(2)9-18(20)22/h4-9,17H,10-12H2,1-3H3,(H,23,26). The van der Waals surface area contributed by atoms with Crippen molar-refractivity contribution in [2.75, 3.05) is 11.4 Å². The first kappa shape index (κ1) is 18.5. The summed E-state index contributed by atoms with van der Waals surface area (Å²) in [5, 5.41) is 3.49. The Morgan fingerprint density at radius 3 is 2.50 bits per heavy atom. The second kappa shape index (κ2) is 7.50. The van der Waals surface area contributed by atoms with Crippen molar-refractivity contribution in [3.63, 3.8) is 0 Å². The maximum Gasteiger partial charge on any atom is 0.227 e. The maximum absolute atomic E-state index is 12.5. The largest absolute Gasteiger partial charge is 0.352 e. The van der Waals surface area contributed by atoms with Crippen LogP contribution in [0, 0.1) is 26.7 Å². The number of aryl methyl sites for hydroxylation is 3. The van der Waals surface area contributed by atoms with Crippen LogP contribution >= 0.6 is 11.6 Å². The number of nitrogens with zero attached hydrogens (tertiary/aromatic N) is 1. The molecule has 1 fully saturated rings. The molecule has 4 nitrogen and oxygen atoms in total. The van der Waals surface area contributed by atoms with E-state index in [-0.39, 0.29) is 24.2 Å². The van der Waals surface area contributed by atoms with E-state index in [1.807, 2.05) is 57.2 Å². The molecule has 2 aromatic rings. The zero-order valence-corrected chi connectivity index (χ0v) is 16.1. The van der Waals surface area contributed by atoms with E-state index in [1.54, 1.807) is 4.90 Å². The Morgan fingerprint density at radius 2 is 1.85 bits per heavy atom. The number of amides is 2. The van der Waals surface area contributed by atoms with Crippen molar-refractivity contribution in [3.05, 3.63) is 63.7 Å². The minimum Gasteiger partial charge on any atom is -0.352 e. The molecular formula is C21H23ClN2O2. The lowest BCUT2D eigenvalue weighted by atomic mass is 10.1. The number of rotatable bonds is 4. The highest BCUT2D eigenvalue weighted by Crippen LogP contribution is 2.35. The summed E-state index contributed by atoms with van der Waals surface area (Å²) in [5.74, 6) is -0.513. The first-order valence-corrected chi connectivity index (χ1v) is 9.13. The van der Waals surface area contributed by atoms with Gasteiger partial charge in [-0.05, 0) is 43.5 Å². The van der Waals surface area contributed by atoms with Crippen molar-refractivity contribution in [2.45, 2.75) is 33.7 Å². The summed E-state index contributed by atoms with van der Waals surface area (Å²) < 4.78 is 0. The topological polar surface area (TPSA) is 49.4 Å². The minimum absolute atomic E-state index is 0.0608. The molecule has 0 spiro atoms. The van der Waals surface area contributed by atoms with Crippen LogP contribution < -0.4 is 10.2 Å². The van der Waals surface area contributed by atoms with Crippen LogP contribution in [0.4, 0.5) is 5.69 Å². The van der Waals surface area contributed by atoms with Crippen molar-refractivity contribution < 1.29 is 9.59 Å². The average Bonchev–Trinajstić information content (AvgIpc) is 2.95. The number of benzene rings is 2. The van der Waals surface area contributed by atoms with Gasteiger partial charge in [0.25, 0.3) is 0 Å². The molecule has 0 radical (unpaired) electrons. The highest BCUT2D eigenvalue weighted by Gasteiger charge is 2.36. The Bertz CT molecular complexity index is 823. The van der Waals surface area contributed by atoms with Crippen LogP contribution in [0.1, 0.15) is 28.7 Å². The van der Waals surface area contributed by atoms with E-state index < -0.39 is 0 Å². The van der Waals surface area contributed by atoms with E-state index in [2.05, 4.69) is 5.32 Å². The fourth-order valence-corrected chi connectivity index (χ4v) is 3.81. The molecular weight excluding hydrogens is 348 g/mol. The van der Waals surface area contributed by atoms with Crippen molar-refractivity contribution in [3.8, 4) is 0 Å². The van der Waals surface area contributed by atoms with Gasteiger partial charge in [-0.25, -0.2) is 0 Å². The summed E-state index contributed by atoms with van der Waals surface area (Å²) >= 11 is 6.37. The SMILES string of the molecule is Cc1ccc(CNC(=O)C2CC(=O)N(c3c(C)cc(C)cc3Cl)C2)cc1. The summed E-state index contributed by atoms with van der Waals surface area (Å²) in [6.45, 7) is 6.76. The monoisotopic (exact) mass is 370 g/mol. The van der Waals surface area contributed by atoms with Crippen molar-refractivity contribution in [2.24, 2.45) is 5.92 Å². The van der Waals surface area contributed by atoms with Gasteiger partial charge in [0.15, 0.2) is 0 Å². The van der Waals surface area contributed by atoms with Crippen LogP contribution in [-0.4, -0.2) is 18.4 Å². The summed E-state index contributed by atoms with van der Waals surface area (Å²) in [6, 6.07) is 11.9. The normalized spacial score (nSPS) is 16.8. The molecule has 1 aliphatic rings. The van der Waals surface area contributed by atoms with Gasteiger partial charge in [0.05, 0.1) is 16.6 Å². The molecule has 2 aromatic carbocycles. The lowest BCUT2D eigenvalue weighted by molar-refractivity contribution is -0.126. The Morgan fingerprint density at radius 1 is 1.15 bits per heavy atom. The first-order valence-electron chi connectivity index (χ1n) is 8.75. The van der Waals surface area contributed by atoms with E-state index >= 15 is 0 Å². The number of anilines is 1. The van der Waals surface area contributed by atoms with Gasteiger partial charge in [-0.2, -0.15) is 0 Å². The third kappa shape index (κ3) is 3.91. The second-order valence-corrected chi connectivity index (χ2v) is 7.43. The molecule has 1 heterocycles. The van der Waals surface area contributed by atoms with Gasteiger partial charge in [0, 0.05) is 19.5 Å². The van der Waals surface area contributed by atoms with Crippen LogP contribution in [0.5, 0.6) is 0 Å². The van der Waals surface area contributed by atoms with E-state index in [4.69, 9.17) is 11.6 Å². The smallest absolute Gasteiger partial charge is 0.227 e. The van der Waals surface area contributed by atoms with Crippen LogP contribution in [0.15, 0.2) is 36.4 Å². The Balaban J connectivity index is 1.67. The summed E-state index contributed by atoms with van der Waals surface area (Å²) in [7, 11) is 0. The zero-order chi connectivity index (χ0) is 18.8. The third-order valence-corrected chi connectivity index (χ3v) is 5.04. The first-order chi connectivity index (χ1) is 12.3. The molecule has 5 heteroatoms. The van der Waals surface area contributed by atoms with Gasteiger partial charge in [0.2, 0.25) is 11.8 Å². The molecule has 2 amide bonds. The fraction of sp³-hybridized carbons (Fsp3) is 0.333. The molecule has 136 valence electrons. The van der Waals surface area contributed by atoms with Crippen LogP contribution in [0.3, 0.4) is 0 Å². The number of nitrogens with one attached hydrogen (secondary N) is 1. The quantitative estimate of drug-likeness (QED) is 0.886. The number of hydrogen-bond acceptors (Lipinski definition) is 2. The second-order valence-electron chi connectivity index (χ2n) is 7.02. The lowest BCUT2D eigenvalue weighted by Crippen LogP contribution is -2.32. The van der Waals surface area contributed by atoms with Crippen molar-refractivity contribution >= 4 is 29.1 Å².